The minimum atomic E-state index is -1.45. The molecule has 0 aliphatic carbocycles. The van der Waals surface area contributed by atoms with Crippen LogP contribution in [0.1, 0.15) is 55.4 Å². The molecule has 0 rings (SSSR count). The van der Waals surface area contributed by atoms with Gasteiger partial charge in [0, 0.05) is 11.9 Å². The molecule has 223 valence electrons. The van der Waals surface area contributed by atoms with Gasteiger partial charge >= 0.3 is 16.8 Å². The predicted octanol–water partition coefficient (Wildman–Crippen LogP) is 9.01. The van der Waals surface area contributed by atoms with Crippen LogP contribution in [-0.2, 0) is 16.8 Å². The molecule has 11 heteroatoms. The number of hydrogen-bond donors (Lipinski definition) is 0. The SMILES string of the molecule is CC(C)N=C([N-]C(C)C)N([Si](C)(C)C)[Si](C)(C)C.CC(C)N=C([N-]C(C)C)N([Si](C)(C)C)[Si](C)(C)C.[Co+2]. The van der Waals surface area contributed by atoms with E-state index in [1.165, 1.54) is 0 Å². The van der Waals surface area contributed by atoms with E-state index in [0.29, 0.717) is 24.2 Å². The Bertz CT molecular complexity index is 610. The molecule has 37 heavy (non-hydrogen) atoms. The molecule has 0 saturated heterocycles. The molecule has 0 aliphatic heterocycles. The molecule has 0 unspecified atom stereocenters. The summed E-state index contributed by atoms with van der Waals surface area (Å²) in [5.74, 6) is 2.00. The van der Waals surface area contributed by atoms with Gasteiger partial charge in [-0.05, 0) is 24.2 Å². The number of rotatable bonds is 8. The molecular formula is C26H64CoN6Si4. The first-order valence-corrected chi connectivity index (χ1v) is 27.7. The van der Waals surface area contributed by atoms with E-state index >= 15 is 0 Å². The molecule has 6 nitrogen and oxygen atoms in total. The Kier molecular flexibility index (Phi) is 18.2. The summed E-state index contributed by atoms with van der Waals surface area (Å²) < 4.78 is 5.19. The summed E-state index contributed by atoms with van der Waals surface area (Å²) >= 11 is 0. The number of guanidine groups is 2. The zero-order chi connectivity index (χ0) is 29.4. The average Bonchev–Trinajstić information content (AvgIpc) is 2.46. The summed E-state index contributed by atoms with van der Waals surface area (Å²) in [5, 5.41) is 9.59. The van der Waals surface area contributed by atoms with Gasteiger partial charge in [-0.15, -0.1) is 0 Å². The second-order valence-electron chi connectivity index (χ2n) is 14.8. The van der Waals surface area contributed by atoms with Gasteiger partial charge in [-0.25, -0.2) is 0 Å². The maximum absolute atomic E-state index is 4.80. The Morgan fingerprint density at radius 1 is 0.459 bits per heavy atom. The van der Waals surface area contributed by atoms with Gasteiger partial charge in [0.15, 0.2) is 0 Å². The van der Waals surface area contributed by atoms with Gasteiger partial charge in [0.2, 0.25) is 0 Å². The third-order valence-corrected chi connectivity index (χ3v) is 18.8. The van der Waals surface area contributed by atoms with Gasteiger partial charge in [0.05, 0.1) is 32.9 Å². The molecule has 0 atom stereocenters. The molecular weight excluding hydrogens is 568 g/mol. The molecule has 0 aromatic carbocycles. The molecule has 0 bridgehead atoms. The third kappa shape index (κ3) is 18.0. The Morgan fingerprint density at radius 2 is 0.649 bits per heavy atom. The largest absolute Gasteiger partial charge is 2.00 e. The minimum Gasteiger partial charge on any atom is -0.450 e. The van der Waals surface area contributed by atoms with E-state index in [1.807, 2.05) is 0 Å². The van der Waals surface area contributed by atoms with Crippen molar-refractivity contribution in [3.05, 3.63) is 10.6 Å². The maximum Gasteiger partial charge on any atom is 2.00 e. The first-order valence-electron chi connectivity index (χ1n) is 13.9. The first-order chi connectivity index (χ1) is 15.7. The number of nitrogens with zero attached hydrogens (tertiary/aromatic N) is 6. The van der Waals surface area contributed by atoms with E-state index in [-0.39, 0.29) is 16.8 Å². The fourth-order valence-electron chi connectivity index (χ4n) is 4.43. The van der Waals surface area contributed by atoms with Crippen LogP contribution in [0.3, 0.4) is 0 Å². The topological polar surface area (TPSA) is 59.4 Å². The fourth-order valence-corrected chi connectivity index (χ4v) is 23.4. The van der Waals surface area contributed by atoms with Crippen molar-refractivity contribution >= 4 is 44.9 Å². The van der Waals surface area contributed by atoms with Crippen molar-refractivity contribution in [1.82, 2.24) is 8.46 Å². The monoisotopic (exact) mass is 631 g/mol. The van der Waals surface area contributed by atoms with Crippen LogP contribution in [0.15, 0.2) is 9.98 Å². The Labute approximate surface area is 247 Å². The summed E-state index contributed by atoms with van der Waals surface area (Å²) in [4.78, 5) is 9.59. The normalized spacial score (nSPS) is 13.9. The van der Waals surface area contributed by atoms with Crippen LogP contribution in [0.5, 0.6) is 0 Å². The van der Waals surface area contributed by atoms with Crippen molar-refractivity contribution in [2.45, 2.75) is 158 Å². The van der Waals surface area contributed by atoms with Crippen LogP contribution in [-0.4, -0.2) is 77.5 Å². The van der Waals surface area contributed by atoms with E-state index in [1.54, 1.807) is 0 Å². The van der Waals surface area contributed by atoms with E-state index in [0.717, 1.165) is 11.9 Å². The second-order valence-corrected chi connectivity index (χ2v) is 34.9. The smallest absolute Gasteiger partial charge is 0.450 e. The zero-order valence-electron chi connectivity index (χ0n) is 28.3. The quantitative estimate of drug-likeness (QED) is 0.152. The van der Waals surface area contributed by atoms with Crippen molar-refractivity contribution in [2.75, 3.05) is 0 Å². The maximum atomic E-state index is 4.80. The molecule has 0 amide bonds. The van der Waals surface area contributed by atoms with Crippen LogP contribution < -0.4 is 0 Å². The Balaban J connectivity index is -0.000000608. The Hall–Kier alpha value is -0.0860. The van der Waals surface area contributed by atoms with Gasteiger partial charge < -0.3 is 29.1 Å². The van der Waals surface area contributed by atoms with Crippen LogP contribution in [0.2, 0.25) is 78.6 Å². The van der Waals surface area contributed by atoms with Crippen LogP contribution in [0.4, 0.5) is 0 Å². The summed E-state index contributed by atoms with van der Waals surface area (Å²) in [5.41, 5.74) is 0. The summed E-state index contributed by atoms with van der Waals surface area (Å²) in [6.45, 7) is 45.6. The van der Waals surface area contributed by atoms with E-state index < -0.39 is 32.9 Å². The first kappa shape index (κ1) is 41.4. The van der Waals surface area contributed by atoms with Crippen molar-refractivity contribution in [2.24, 2.45) is 9.98 Å². The molecule has 0 aliphatic rings. The van der Waals surface area contributed by atoms with Crippen molar-refractivity contribution in [3.63, 3.8) is 0 Å². The fraction of sp³-hybridized carbons (Fsp3) is 0.923. The molecule has 0 N–H and O–H groups in total. The number of hydrogen-bond acceptors (Lipinski definition) is 2. The van der Waals surface area contributed by atoms with Crippen molar-refractivity contribution in [1.29, 1.82) is 0 Å². The average molecular weight is 632 g/mol. The van der Waals surface area contributed by atoms with E-state index in [4.69, 9.17) is 20.6 Å². The predicted molar refractivity (Wildman–Crippen MR) is 179 cm³/mol. The van der Waals surface area contributed by atoms with Gasteiger partial charge in [0.1, 0.15) is 0 Å². The van der Waals surface area contributed by atoms with Gasteiger partial charge in [-0.3, -0.25) is 0 Å². The van der Waals surface area contributed by atoms with Crippen LogP contribution in [0, 0.1) is 0 Å². The van der Waals surface area contributed by atoms with Crippen LogP contribution in [0.25, 0.3) is 10.6 Å². The van der Waals surface area contributed by atoms with E-state index in [2.05, 4.69) is 142 Å². The Morgan fingerprint density at radius 3 is 0.757 bits per heavy atom. The molecule has 0 heterocycles. The van der Waals surface area contributed by atoms with Gasteiger partial charge in [0.25, 0.3) is 0 Å². The second kappa shape index (κ2) is 16.2. The summed E-state index contributed by atoms with van der Waals surface area (Å²) in [6.07, 6.45) is 0. The third-order valence-electron chi connectivity index (χ3n) is 4.58. The summed E-state index contributed by atoms with van der Waals surface area (Å²) in [7, 11) is -5.79. The van der Waals surface area contributed by atoms with Gasteiger partial charge in [-0.2, -0.15) is 0 Å². The minimum absolute atomic E-state index is 0. The molecule has 0 fully saturated rings. The molecule has 0 aromatic rings. The van der Waals surface area contributed by atoms with Crippen molar-refractivity contribution < 1.29 is 16.8 Å². The number of aliphatic imine (C=N–C) groups is 2. The van der Waals surface area contributed by atoms with Gasteiger partial charge in [-0.1, -0.05) is 134 Å². The summed E-state index contributed by atoms with van der Waals surface area (Å²) in [6, 6.07) is 1.21. The van der Waals surface area contributed by atoms with Crippen molar-refractivity contribution in [3.8, 4) is 0 Å². The molecule has 0 aromatic heterocycles. The zero-order valence-corrected chi connectivity index (χ0v) is 33.4. The molecule has 0 spiro atoms. The molecule has 1 radical (unpaired) electrons. The van der Waals surface area contributed by atoms with Crippen LogP contribution >= 0.6 is 0 Å². The van der Waals surface area contributed by atoms with E-state index in [9.17, 15) is 0 Å². The molecule has 0 saturated carbocycles. The standard InChI is InChI=1S/2C13H32N3Si2.Co/c2*1-11(2)14-13(15-12(3)4)16(17(5,6)7)18(8,9)10;/h2*11-12H,1-10H3;/q2*-1;+2.